The molecule has 1 aliphatic rings. The second kappa shape index (κ2) is 7.33. The first-order chi connectivity index (χ1) is 10.1. The van der Waals surface area contributed by atoms with Gasteiger partial charge in [-0.1, -0.05) is 0 Å². The molecule has 1 saturated carbocycles. The van der Waals surface area contributed by atoms with E-state index in [0.717, 1.165) is 0 Å². The van der Waals surface area contributed by atoms with Gasteiger partial charge in [0.15, 0.2) is 0 Å². The number of carbonyl (C=O) groups is 3. The van der Waals surface area contributed by atoms with Gasteiger partial charge in [-0.25, -0.2) is 9.59 Å². The van der Waals surface area contributed by atoms with Crippen molar-refractivity contribution in [2.75, 3.05) is 7.05 Å². The third kappa shape index (κ3) is 5.79. The number of carbonyl (C=O) groups excluding carboxylic acids is 2. The largest absolute Gasteiger partial charge is 0.465 e. The van der Waals surface area contributed by atoms with Crippen LogP contribution in [0, 0.1) is 5.92 Å². The lowest BCUT2D eigenvalue weighted by molar-refractivity contribution is -0.125. The highest BCUT2D eigenvalue weighted by molar-refractivity contribution is 5.78. The molecule has 3 amide bonds. The van der Waals surface area contributed by atoms with Gasteiger partial charge in [-0.05, 0) is 40.0 Å². The highest BCUT2D eigenvalue weighted by Crippen LogP contribution is 2.25. The van der Waals surface area contributed by atoms with E-state index in [9.17, 15) is 14.4 Å². The molecular weight excluding hydrogens is 290 g/mol. The molecule has 22 heavy (non-hydrogen) atoms. The smallest absolute Gasteiger partial charge is 0.407 e. The molecule has 0 saturated heterocycles. The average molecular weight is 315 g/mol. The number of amides is 3. The van der Waals surface area contributed by atoms with Crippen LogP contribution in [0.5, 0.6) is 0 Å². The van der Waals surface area contributed by atoms with Gasteiger partial charge in [-0.2, -0.15) is 0 Å². The van der Waals surface area contributed by atoms with E-state index in [1.54, 1.807) is 27.8 Å². The van der Waals surface area contributed by atoms with Crippen LogP contribution in [0.3, 0.4) is 0 Å². The van der Waals surface area contributed by atoms with Crippen molar-refractivity contribution in [3.63, 3.8) is 0 Å². The lowest BCUT2D eigenvalue weighted by atomic mass is 9.82. The summed E-state index contributed by atoms with van der Waals surface area (Å²) in [4.78, 5) is 34.5. The molecule has 1 rings (SSSR count). The lowest BCUT2D eigenvalue weighted by Gasteiger charge is -2.36. The quantitative estimate of drug-likeness (QED) is 0.621. The molecule has 8 heteroatoms. The highest BCUT2D eigenvalue weighted by atomic mass is 16.6. The minimum Gasteiger partial charge on any atom is -0.465 e. The summed E-state index contributed by atoms with van der Waals surface area (Å²) in [6.45, 7) is 5.23. The SMILES string of the molecule is CNC(=O)[C@H]1CC[C@H](NC(=O)O)[C@H](NC(=O)OC(C)(C)C)C1. The van der Waals surface area contributed by atoms with Crippen LogP contribution in [0.15, 0.2) is 0 Å². The molecule has 0 bridgehead atoms. The molecule has 3 atom stereocenters. The summed E-state index contributed by atoms with van der Waals surface area (Å²) < 4.78 is 5.19. The molecule has 0 heterocycles. The predicted molar refractivity (Wildman–Crippen MR) is 79.5 cm³/mol. The number of ether oxygens (including phenoxy) is 1. The Morgan fingerprint density at radius 3 is 2.23 bits per heavy atom. The Hall–Kier alpha value is -1.99. The van der Waals surface area contributed by atoms with Crippen molar-refractivity contribution in [2.24, 2.45) is 5.92 Å². The Labute approximate surface area is 130 Å². The molecule has 0 radical (unpaired) electrons. The van der Waals surface area contributed by atoms with Crippen LogP contribution in [0.2, 0.25) is 0 Å². The third-order valence-corrected chi connectivity index (χ3v) is 3.48. The van der Waals surface area contributed by atoms with E-state index < -0.39 is 29.9 Å². The van der Waals surface area contributed by atoms with Gasteiger partial charge in [0.25, 0.3) is 0 Å². The van der Waals surface area contributed by atoms with Crippen LogP contribution >= 0.6 is 0 Å². The molecule has 126 valence electrons. The Balaban J connectivity index is 2.74. The van der Waals surface area contributed by atoms with Crippen molar-refractivity contribution in [2.45, 2.75) is 57.7 Å². The van der Waals surface area contributed by atoms with Crippen LogP contribution < -0.4 is 16.0 Å². The van der Waals surface area contributed by atoms with E-state index in [2.05, 4.69) is 16.0 Å². The molecule has 1 fully saturated rings. The minimum absolute atomic E-state index is 0.107. The zero-order valence-electron chi connectivity index (χ0n) is 13.4. The van der Waals surface area contributed by atoms with E-state index >= 15 is 0 Å². The maximum Gasteiger partial charge on any atom is 0.407 e. The fourth-order valence-corrected chi connectivity index (χ4v) is 2.56. The summed E-state index contributed by atoms with van der Waals surface area (Å²) in [6, 6.07) is -0.923. The summed E-state index contributed by atoms with van der Waals surface area (Å²) in [5.74, 6) is -0.360. The van der Waals surface area contributed by atoms with Crippen molar-refractivity contribution in [1.82, 2.24) is 16.0 Å². The Morgan fingerprint density at radius 1 is 1.09 bits per heavy atom. The number of alkyl carbamates (subject to hydrolysis) is 1. The van der Waals surface area contributed by atoms with Gasteiger partial charge in [0.2, 0.25) is 5.91 Å². The van der Waals surface area contributed by atoms with Gasteiger partial charge < -0.3 is 25.8 Å². The molecule has 4 N–H and O–H groups in total. The molecule has 0 aromatic carbocycles. The van der Waals surface area contributed by atoms with E-state index in [1.807, 2.05) is 0 Å². The van der Waals surface area contributed by atoms with Gasteiger partial charge >= 0.3 is 12.2 Å². The standard InChI is InChI=1S/C14H25N3O5/c1-14(2,3)22-13(21)17-10-7-8(11(18)15-4)5-6-9(10)16-12(19)20/h8-10,16H,5-7H2,1-4H3,(H,15,18)(H,17,21)(H,19,20)/t8-,9-,10+/m0/s1. The van der Waals surface area contributed by atoms with Crippen molar-refractivity contribution < 1.29 is 24.2 Å². The van der Waals surface area contributed by atoms with Gasteiger partial charge in [0.1, 0.15) is 5.60 Å². The first kappa shape index (κ1) is 18.1. The highest BCUT2D eigenvalue weighted by Gasteiger charge is 2.36. The predicted octanol–water partition coefficient (Wildman–Crippen LogP) is 1.06. The second-order valence-electron chi connectivity index (χ2n) is 6.43. The molecule has 0 aromatic heterocycles. The second-order valence-corrected chi connectivity index (χ2v) is 6.43. The van der Waals surface area contributed by atoms with Crippen molar-refractivity contribution in [3.8, 4) is 0 Å². The Kier molecular flexibility index (Phi) is 6.01. The topological polar surface area (TPSA) is 117 Å². The van der Waals surface area contributed by atoms with E-state index in [1.165, 1.54) is 0 Å². The Morgan fingerprint density at radius 2 is 1.73 bits per heavy atom. The minimum atomic E-state index is -1.15. The Bertz CT molecular complexity index is 433. The monoisotopic (exact) mass is 315 g/mol. The summed E-state index contributed by atoms with van der Waals surface area (Å²) in [6.07, 6.45) is -0.363. The van der Waals surface area contributed by atoms with Crippen molar-refractivity contribution in [1.29, 1.82) is 0 Å². The maximum atomic E-state index is 11.9. The summed E-state index contributed by atoms with van der Waals surface area (Å²) in [7, 11) is 1.56. The number of rotatable bonds is 3. The maximum absolute atomic E-state index is 11.9. The lowest BCUT2D eigenvalue weighted by Crippen LogP contribution is -2.56. The van der Waals surface area contributed by atoms with Crippen LogP contribution in [0.4, 0.5) is 9.59 Å². The molecule has 0 spiro atoms. The van der Waals surface area contributed by atoms with Gasteiger partial charge in [0, 0.05) is 13.0 Å². The fraction of sp³-hybridized carbons (Fsp3) is 0.786. The number of carboxylic acid groups (broad SMARTS) is 1. The van der Waals surface area contributed by atoms with Crippen LogP contribution in [0.25, 0.3) is 0 Å². The zero-order chi connectivity index (χ0) is 16.9. The molecular formula is C14H25N3O5. The average Bonchev–Trinajstić information content (AvgIpc) is 2.37. The number of hydrogen-bond donors (Lipinski definition) is 4. The van der Waals surface area contributed by atoms with Gasteiger partial charge in [-0.15, -0.1) is 0 Å². The third-order valence-electron chi connectivity index (χ3n) is 3.48. The molecule has 0 aliphatic heterocycles. The van der Waals surface area contributed by atoms with Gasteiger partial charge in [-0.3, -0.25) is 4.79 Å². The number of hydrogen-bond acceptors (Lipinski definition) is 4. The normalized spacial score (nSPS) is 25.0. The van der Waals surface area contributed by atoms with Crippen LogP contribution in [-0.2, 0) is 9.53 Å². The first-order valence-electron chi connectivity index (χ1n) is 7.33. The summed E-state index contributed by atoms with van der Waals surface area (Å²) in [5, 5.41) is 16.5. The molecule has 8 nitrogen and oxygen atoms in total. The van der Waals surface area contributed by atoms with E-state index in [-0.39, 0.29) is 11.8 Å². The fourth-order valence-electron chi connectivity index (χ4n) is 2.56. The molecule has 0 unspecified atom stereocenters. The summed E-state index contributed by atoms with van der Waals surface area (Å²) in [5.41, 5.74) is -0.644. The summed E-state index contributed by atoms with van der Waals surface area (Å²) >= 11 is 0. The van der Waals surface area contributed by atoms with Crippen molar-refractivity contribution in [3.05, 3.63) is 0 Å². The molecule has 1 aliphatic carbocycles. The van der Waals surface area contributed by atoms with Crippen LogP contribution in [0.1, 0.15) is 40.0 Å². The van der Waals surface area contributed by atoms with E-state index in [4.69, 9.17) is 9.84 Å². The first-order valence-corrected chi connectivity index (χ1v) is 7.33. The van der Waals surface area contributed by atoms with Crippen molar-refractivity contribution >= 4 is 18.1 Å². The van der Waals surface area contributed by atoms with E-state index in [0.29, 0.717) is 19.3 Å². The molecule has 0 aromatic rings. The van der Waals surface area contributed by atoms with Gasteiger partial charge in [0.05, 0.1) is 12.1 Å². The van der Waals surface area contributed by atoms with Crippen LogP contribution in [-0.4, -0.2) is 47.9 Å². The zero-order valence-corrected chi connectivity index (χ0v) is 13.4. The number of nitrogens with one attached hydrogen (secondary N) is 3.